The highest BCUT2D eigenvalue weighted by Gasteiger charge is 2.40. The number of piperidine rings is 1. The average Bonchev–Trinajstić information content (AvgIpc) is 3.18. The summed E-state index contributed by atoms with van der Waals surface area (Å²) in [6, 6.07) is 3.95. The number of aliphatic carboxylic acids is 1. The quantitative estimate of drug-likeness (QED) is 0.920. The monoisotopic (exact) mass is 323 g/mol. The predicted molar refractivity (Wildman–Crippen MR) is 82.8 cm³/mol. The molecule has 0 radical (unpaired) electrons. The molecule has 0 aromatic carbocycles. The van der Waals surface area contributed by atoms with Crippen molar-refractivity contribution in [2.24, 2.45) is 11.8 Å². The number of hydrogen-bond acceptors (Lipinski definition) is 4. The summed E-state index contributed by atoms with van der Waals surface area (Å²) in [5.74, 6) is -0.700. The molecule has 2 aliphatic heterocycles. The third-order valence-electron chi connectivity index (χ3n) is 4.72. The topological polar surface area (TPSA) is 66.8 Å². The summed E-state index contributed by atoms with van der Waals surface area (Å²) in [6.45, 7) is 1.96. The zero-order valence-electron chi connectivity index (χ0n) is 12.4. The molecule has 120 valence electrons. The van der Waals surface area contributed by atoms with Gasteiger partial charge in [0.25, 0.3) is 0 Å². The zero-order valence-corrected chi connectivity index (χ0v) is 13.3. The van der Waals surface area contributed by atoms with Crippen molar-refractivity contribution in [3.8, 4) is 0 Å². The molecule has 2 saturated heterocycles. The maximum absolute atomic E-state index is 12.3. The third-order valence-corrected chi connectivity index (χ3v) is 5.59. The van der Waals surface area contributed by atoms with Gasteiger partial charge in [0.05, 0.1) is 18.4 Å². The Labute approximate surface area is 133 Å². The normalized spacial score (nSPS) is 26.3. The smallest absolute Gasteiger partial charge is 0.309 e. The molecule has 1 aromatic heterocycles. The number of rotatable bonds is 4. The lowest BCUT2D eigenvalue weighted by Gasteiger charge is -2.35. The van der Waals surface area contributed by atoms with Crippen LogP contribution in [0.5, 0.6) is 0 Å². The Morgan fingerprint density at radius 3 is 2.73 bits per heavy atom. The van der Waals surface area contributed by atoms with E-state index in [2.05, 4.69) is 0 Å². The first-order chi connectivity index (χ1) is 10.6. The molecule has 6 heteroatoms. The summed E-state index contributed by atoms with van der Waals surface area (Å²) in [5, 5.41) is 11.2. The second kappa shape index (κ2) is 6.79. The number of thiophene rings is 1. The summed E-state index contributed by atoms with van der Waals surface area (Å²) in [6.07, 6.45) is 2.58. The molecule has 1 aromatic rings. The fourth-order valence-corrected chi connectivity index (χ4v) is 4.19. The molecule has 0 aliphatic carbocycles. The van der Waals surface area contributed by atoms with Gasteiger partial charge in [-0.15, -0.1) is 11.3 Å². The summed E-state index contributed by atoms with van der Waals surface area (Å²) in [4.78, 5) is 26.5. The van der Waals surface area contributed by atoms with Crippen LogP contribution in [0.25, 0.3) is 0 Å². The van der Waals surface area contributed by atoms with E-state index in [-0.39, 0.29) is 23.8 Å². The molecule has 22 heavy (non-hydrogen) atoms. The van der Waals surface area contributed by atoms with E-state index >= 15 is 0 Å². The number of carboxylic acid groups (broad SMARTS) is 1. The standard InChI is InChI=1S/C16H21NO4S/c18-14(10-12-2-1-9-22-12)17-6-3-11(4-7-17)15-13(16(19)20)5-8-21-15/h1-2,9,11,13,15H,3-8,10H2,(H,19,20)/t13?,15-/m0/s1. The van der Waals surface area contributed by atoms with Crippen LogP contribution in [-0.2, 0) is 20.7 Å². The summed E-state index contributed by atoms with van der Waals surface area (Å²) >= 11 is 1.61. The first-order valence-corrected chi connectivity index (χ1v) is 8.67. The van der Waals surface area contributed by atoms with Gasteiger partial charge in [-0.05, 0) is 36.6 Å². The molecule has 1 unspecified atom stereocenters. The Morgan fingerprint density at radius 1 is 1.32 bits per heavy atom. The lowest BCUT2D eigenvalue weighted by molar-refractivity contribution is -0.145. The summed E-state index contributed by atoms with van der Waals surface area (Å²) in [7, 11) is 0. The van der Waals surface area contributed by atoms with Crippen molar-refractivity contribution < 1.29 is 19.4 Å². The largest absolute Gasteiger partial charge is 0.481 e. The van der Waals surface area contributed by atoms with Crippen molar-refractivity contribution in [2.75, 3.05) is 19.7 Å². The molecule has 1 amide bonds. The number of carboxylic acids is 1. The fraction of sp³-hybridized carbons (Fsp3) is 0.625. The molecule has 0 saturated carbocycles. The molecule has 0 bridgehead atoms. The van der Waals surface area contributed by atoms with Gasteiger partial charge in [-0.1, -0.05) is 6.07 Å². The number of likely N-dealkylation sites (tertiary alicyclic amines) is 1. The first kappa shape index (κ1) is 15.5. The zero-order chi connectivity index (χ0) is 15.5. The lowest BCUT2D eigenvalue weighted by Crippen LogP contribution is -2.43. The van der Waals surface area contributed by atoms with E-state index in [1.165, 1.54) is 0 Å². The second-order valence-electron chi connectivity index (χ2n) is 6.04. The molecule has 1 N–H and O–H groups in total. The molecule has 2 fully saturated rings. The third kappa shape index (κ3) is 3.33. The van der Waals surface area contributed by atoms with Gasteiger partial charge in [-0.25, -0.2) is 0 Å². The summed E-state index contributed by atoms with van der Waals surface area (Å²) < 4.78 is 5.66. The van der Waals surface area contributed by atoms with Gasteiger partial charge in [-0.3, -0.25) is 9.59 Å². The Hall–Kier alpha value is -1.40. The predicted octanol–water partition coefficient (Wildman–Crippen LogP) is 2.02. The number of ether oxygens (including phenoxy) is 1. The number of nitrogens with zero attached hydrogens (tertiary/aromatic N) is 1. The van der Waals surface area contributed by atoms with E-state index < -0.39 is 5.97 Å². The minimum absolute atomic E-state index is 0.169. The lowest BCUT2D eigenvalue weighted by atomic mass is 9.84. The van der Waals surface area contributed by atoms with Crippen LogP contribution in [0.3, 0.4) is 0 Å². The van der Waals surface area contributed by atoms with Crippen molar-refractivity contribution in [3.05, 3.63) is 22.4 Å². The van der Waals surface area contributed by atoms with Crippen LogP contribution in [0.15, 0.2) is 17.5 Å². The van der Waals surface area contributed by atoms with Crippen LogP contribution in [0.1, 0.15) is 24.1 Å². The number of hydrogen-bond donors (Lipinski definition) is 1. The van der Waals surface area contributed by atoms with Gasteiger partial charge in [0.15, 0.2) is 0 Å². The van der Waals surface area contributed by atoms with E-state index in [9.17, 15) is 14.7 Å². The molecule has 2 aliphatic rings. The molecular formula is C16H21NO4S. The van der Waals surface area contributed by atoms with Gasteiger partial charge in [-0.2, -0.15) is 0 Å². The van der Waals surface area contributed by atoms with Crippen molar-refractivity contribution in [1.82, 2.24) is 4.90 Å². The molecule has 3 rings (SSSR count). The van der Waals surface area contributed by atoms with E-state index in [1.807, 2.05) is 22.4 Å². The maximum atomic E-state index is 12.3. The van der Waals surface area contributed by atoms with Crippen molar-refractivity contribution in [3.63, 3.8) is 0 Å². The number of carbonyl (C=O) groups is 2. The van der Waals surface area contributed by atoms with Crippen LogP contribution in [0, 0.1) is 11.8 Å². The minimum Gasteiger partial charge on any atom is -0.481 e. The van der Waals surface area contributed by atoms with Crippen molar-refractivity contribution in [2.45, 2.75) is 31.8 Å². The van der Waals surface area contributed by atoms with Crippen molar-refractivity contribution >= 4 is 23.2 Å². The Morgan fingerprint density at radius 2 is 2.09 bits per heavy atom. The van der Waals surface area contributed by atoms with Gasteiger partial charge in [0, 0.05) is 24.6 Å². The van der Waals surface area contributed by atoms with E-state index in [1.54, 1.807) is 11.3 Å². The minimum atomic E-state index is -0.751. The maximum Gasteiger partial charge on any atom is 0.309 e. The second-order valence-corrected chi connectivity index (χ2v) is 7.08. The van der Waals surface area contributed by atoms with Crippen LogP contribution < -0.4 is 0 Å². The first-order valence-electron chi connectivity index (χ1n) is 7.79. The van der Waals surface area contributed by atoms with Crippen LogP contribution in [0.4, 0.5) is 0 Å². The van der Waals surface area contributed by atoms with E-state index in [4.69, 9.17) is 4.74 Å². The molecular weight excluding hydrogens is 302 g/mol. The highest BCUT2D eigenvalue weighted by molar-refractivity contribution is 7.10. The highest BCUT2D eigenvalue weighted by atomic mass is 32.1. The Balaban J connectivity index is 1.52. The van der Waals surface area contributed by atoms with Crippen LogP contribution in [-0.4, -0.2) is 47.7 Å². The molecule has 3 heterocycles. The SMILES string of the molecule is O=C(O)C1CCO[C@H]1C1CCN(C(=O)Cc2cccs2)CC1. The fourth-order valence-electron chi connectivity index (χ4n) is 3.49. The van der Waals surface area contributed by atoms with Crippen molar-refractivity contribution in [1.29, 1.82) is 0 Å². The van der Waals surface area contributed by atoms with E-state index in [0.29, 0.717) is 32.5 Å². The van der Waals surface area contributed by atoms with Gasteiger partial charge in [0.1, 0.15) is 0 Å². The Kier molecular flexibility index (Phi) is 4.78. The number of carbonyl (C=O) groups excluding carboxylic acids is 1. The molecule has 5 nitrogen and oxygen atoms in total. The van der Waals surface area contributed by atoms with Gasteiger partial charge in [0.2, 0.25) is 5.91 Å². The molecule has 2 atom stereocenters. The van der Waals surface area contributed by atoms with E-state index in [0.717, 1.165) is 17.7 Å². The van der Waals surface area contributed by atoms with Crippen LogP contribution >= 0.6 is 11.3 Å². The Bertz CT molecular complexity index is 522. The van der Waals surface area contributed by atoms with Crippen LogP contribution in [0.2, 0.25) is 0 Å². The van der Waals surface area contributed by atoms with Gasteiger partial charge < -0.3 is 14.7 Å². The number of amides is 1. The molecule has 0 spiro atoms. The van der Waals surface area contributed by atoms with Gasteiger partial charge >= 0.3 is 5.97 Å². The average molecular weight is 323 g/mol. The summed E-state index contributed by atoms with van der Waals surface area (Å²) in [5.41, 5.74) is 0. The highest BCUT2D eigenvalue weighted by Crippen LogP contribution is 2.33.